The zero-order valence-electron chi connectivity index (χ0n) is 11.2. The van der Waals surface area contributed by atoms with E-state index in [1.165, 1.54) is 17.1 Å². The number of carbonyl (C=O) groups is 1. The molecule has 3 rings (SSSR count). The van der Waals surface area contributed by atoms with Crippen molar-refractivity contribution >= 4 is 28.5 Å². The van der Waals surface area contributed by atoms with Crippen LogP contribution in [-0.2, 0) is 4.74 Å². The number of hydrogen-bond acceptors (Lipinski definition) is 5. The molecule has 106 valence electrons. The molecule has 0 spiro atoms. The summed E-state index contributed by atoms with van der Waals surface area (Å²) in [5.74, 6) is -0.134. The van der Waals surface area contributed by atoms with Crippen molar-refractivity contribution in [1.29, 1.82) is 0 Å². The number of halogens is 1. The summed E-state index contributed by atoms with van der Waals surface area (Å²) in [6, 6.07) is 7.41. The SMILES string of the molecule is CCOC(=O)c1cnn(-c2nc(Cl)c3ccccc3n2)c1. The maximum absolute atomic E-state index is 11.6. The molecule has 3 aromatic rings. The Bertz CT molecular complexity index is 816. The van der Waals surface area contributed by atoms with E-state index in [0.29, 0.717) is 28.8 Å². The normalized spacial score (nSPS) is 10.8. The fraction of sp³-hybridized carbons (Fsp3) is 0.143. The van der Waals surface area contributed by atoms with E-state index in [1.54, 1.807) is 6.92 Å². The third kappa shape index (κ3) is 2.57. The minimum Gasteiger partial charge on any atom is -0.462 e. The first-order chi connectivity index (χ1) is 10.2. The lowest BCUT2D eigenvalue weighted by Gasteiger charge is -2.03. The van der Waals surface area contributed by atoms with E-state index < -0.39 is 5.97 Å². The van der Waals surface area contributed by atoms with Crippen molar-refractivity contribution in [2.45, 2.75) is 6.92 Å². The third-order valence-corrected chi connectivity index (χ3v) is 3.13. The van der Waals surface area contributed by atoms with E-state index in [2.05, 4.69) is 15.1 Å². The summed E-state index contributed by atoms with van der Waals surface area (Å²) < 4.78 is 6.31. The molecule has 0 radical (unpaired) electrons. The molecule has 2 aromatic heterocycles. The van der Waals surface area contributed by atoms with Gasteiger partial charge in [-0.3, -0.25) is 0 Å². The van der Waals surface area contributed by atoms with Crippen LogP contribution in [0.1, 0.15) is 17.3 Å². The summed E-state index contributed by atoms with van der Waals surface area (Å²) in [5, 5.41) is 5.17. The maximum Gasteiger partial charge on any atom is 0.341 e. The monoisotopic (exact) mass is 302 g/mol. The molecule has 0 saturated carbocycles. The van der Waals surface area contributed by atoms with E-state index >= 15 is 0 Å². The fourth-order valence-corrected chi connectivity index (χ4v) is 2.12. The van der Waals surface area contributed by atoms with Gasteiger partial charge < -0.3 is 4.74 Å². The van der Waals surface area contributed by atoms with Crippen LogP contribution >= 0.6 is 11.6 Å². The summed E-state index contributed by atoms with van der Waals surface area (Å²) in [6.45, 7) is 2.05. The molecule has 2 heterocycles. The van der Waals surface area contributed by atoms with E-state index in [9.17, 15) is 4.79 Å². The van der Waals surface area contributed by atoms with Crippen molar-refractivity contribution in [3.8, 4) is 5.95 Å². The average molecular weight is 303 g/mol. The van der Waals surface area contributed by atoms with Gasteiger partial charge in [-0.25, -0.2) is 14.5 Å². The number of para-hydroxylation sites is 1. The van der Waals surface area contributed by atoms with Crippen LogP contribution in [0.4, 0.5) is 0 Å². The number of hydrogen-bond donors (Lipinski definition) is 0. The largest absolute Gasteiger partial charge is 0.462 e. The van der Waals surface area contributed by atoms with E-state index in [-0.39, 0.29) is 0 Å². The highest BCUT2D eigenvalue weighted by Gasteiger charge is 2.13. The molecule has 0 fully saturated rings. The second-order valence-electron chi connectivity index (χ2n) is 4.23. The lowest BCUT2D eigenvalue weighted by molar-refractivity contribution is 0.0526. The summed E-state index contributed by atoms with van der Waals surface area (Å²) in [5.41, 5.74) is 1.05. The molecule has 0 amide bonds. The van der Waals surface area contributed by atoms with Gasteiger partial charge in [0.1, 0.15) is 5.15 Å². The van der Waals surface area contributed by atoms with Gasteiger partial charge in [0.05, 0.1) is 23.9 Å². The van der Waals surface area contributed by atoms with Gasteiger partial charge in [-0.1, -0.05) is 23.7 Å². The maximum atomic E-state index is 11.6. The van der Waals surface area contributed by atoms with Crippen LogP contribution in [0.2, 0.25) is 5.15 Å². The Labute approximate surface area is 125 Å². The number of ether oxygens (including phenoxy) is 1. The summed E-state index contributed by atoms with van der Waals surface area (Å²) in [6.07, 6.45) is 2.92. The van der Waals surface area contributed by atoms with Gasteiger partial charge in [-0.15, -0.1) is 0 Å². The topological polar surface area (TPSA) is 69.9 Å². The Hall–Kier alpha value is -2.47. The molecular formula is C14H11ClN4O2. The van der Waals surface area contributed by atoms with Crippen LogP contribution < -0.4 is 0 Å². The van der Waals surface area contributed by atoms with Gasteiger partial charge >= 0.3 is 5.97 Å². The minimum atomic E-state index is -0.435. The number of nitrogens with zero attached hydrogens (tertiary/aromatic N) is 4. The van der Waals surface area contributed by atoms with Gasteiger partial charge in [0.25, 0.3) is 5.95 Å². The Balaban J connectivity index is 2.03. The van der Waals surface area contributed by atoms with Crippen LogP contribution in [0.5, 0.6) is 0 Å². The molecule has 0 unspecified atom stereocenters. The average Bonchev–Trinajstić information content (AvgIpc) is 2.97. The first kappa shape index (κ1) is 13.5. The predicted octanol–water partition coefficient (Wildman–Crippen LogP) is 2.65. The molecule has 0 bridgehead atoms. The van der Waals surface area contributed by atoms with Crippen molar-refractivity contribution < 1.29 is 9.53 Å². The van der Waals surface area contributed by atoms with E-state index in [4.69, 9.17) is 16.3 Å². The summed E-state index contributed by atoms with van der Waals surface area (Å²) in [4.78, 5) is 20.2. The van der Waals surface area contributed by atoms with Crippen molar-refractivity contribution in [3.63, 3.8) is 0 Å². The Morgan fingerprint density at radius 2 is 2.14 bits per heavy atom. The minimum absolute atomic E-state index is 0.300. The summed E-state index contributed by atoms with van der Waals surface area (Å²) in [7, 11) is 0. The molecule has 0 aliphatic heterocycles. The van der Waals surface area contributed by atoms with Gasteiger partial charge in [0, 0.05) is 11.6 Å². The zero-order valence-corrected chi connectivity index (χ0v) is 11.9. The smallest absolute Gasteiger partial charge is 0.341 e. The van der Waals surface area contributed by atoms with Gasteiger partial charge in [-0.2, -0.15) is 10.1 Å². The molecule has 0 atom stereocenters. The Morgan fingerprint density at radius 1 is 1.33 bits per heavy atom. The van der Waals surface area contributed by atoms with Crippen LogP contribution in [0, 0.1) is 0 Å². The third-order valence-electron chi connectivity index (χ3n) is 2.84. The van der Waals surface area contributed by atoms with Gasteiger partial charge in [0.2, 0.25) is 0 Å². The lowest BCUT2D eigenvalue weighted by Crippen LogP contribution is -2.04. The highest BCUT2D eigenvalue weighted by Crippen LogP contribution is 2.21. The number of rotatable bonds is 3. The molecule has 7 heteroatoms. The van der Waals surface area contributed by atoms with Crippen LogP contribution in [0.15, 0.2) is 36.7 Å². The first-order valence-electron chi connectivity index (χ1n) is 6.33. The second kappa shape index (κ2) is 5.49. The Kier molecular flexibility index (Phi) is 3.53. The molecule has 6 nitrogen and oxygen atoms in total. The number of esters is 1. The zero-order chi connectivity index (χ0) is 14.8. The summed E-state index contributed by atoms with van der Waals surface area (Å²) >= 11 is 6.15. The highest BCUT2D eigenvalue weighted by molar-refractivity contribution is 6.34. The fourth-order valence-electron chi connectivity index (χ4n) is 1.88. The van der Waals surface area contributed by atoms with Gasteiger partial charge in [0.15, 0.2) is 0 Å². The predicted molar refractivity (Wildman–Crippen MR) is 77.6 cm³/mol. The Morgan fingerprint density at radius 3 is 2.95 bits per heavy atom. The molecule has 1 aromatic carbocycles. The van der Waals surface area contributed by atoms with Crippen LogP contribution in [0.25, 0.3) is 16.9 Å². The van der Waals surface area contributed by atoms with Crippen molar-refractivity contribution in [2.75, 3.05) is 6.61 Å². The number of benzene rings is 1. The van der Waals surface area contributed by atoms with Crippen molar-refractivity contribution in [2.24, 2.45) is 0 Å². The van der Waals surface area contributed by atoms with Gasteiger partial charge in [-0.05, 0) is 19.1 Å². The van der Waals surface area contributed by atoms with Crippen LogP contribution in [0.3, 0.4) is 0 Å². The number of carbonyl (C=O) groups excluding carboxylic acids is 1. The first-order valence-corrected chi connectivity index (χ1v) is 6.71. The lowest BCUT2D eigenvalue weighted by atomic mass is 10.2. The standard InChI is InChI=1S/C14H11ClN4O2/c1-2-21-13(20)9-7-16-19(8-9)14-17-11-6-4-3-5-10(11)12(15)18-14/h3-8H,2H2,1H3. The van der Waals surface area contributed by atoms with E-state index in [0.717, 1.165) is 5.39 Å². The number of fused-ring (bicyclic) bond motifs is 1. The van der Waals surface area contributed by atoms with Crippen LogP contribution in [-0.4, -0.2) is 32.3 Å². The molecule has 0 saturated heterocycles. The second-order valence-corrected chi connectivity index (χ2v) is 4.58. The van der Waals surface area contributed by atoms with E-state index in [1.807, 2.05) is 24.3 Å². The molecule has 0 aliphatic rings. The molecular weight excluding hydrogens is 292 g/mol. The molecule has 0 aliphatic carbocycles. The number of aromatic nitrogens is 4. The molecule has 21 heavy (non-hydrogen) atoms. The molecule has 0 N–H and O–H groups in total. The highest BCUT2D eigenvalue weighted by atomic mass is 35.5. The quantitative estimate of drug-likeness (QED) is 0.549. The van der Waals surface area contributed by atoms with Crippen molar-refractivity contribution in [3.05, 3.63) is 47.4 Å². The van der Waals surface area contributed by atoms with Crippen molar-refractivity contribution in [1.82, 2.24) is 19.7 Å².